The maximum absolute atomic E-state index is 6.37. The van der Waals surface area contributed by atoms with Crippen LogP contribution in [0.3, 0.4) is 0 Å². The van der Waals surface area contributed by atoms with Crippen molar-refractivity contribution < 1.29 is 4.74 Å². The van der Waals surface area contributed by atoms with E-state index >= 15 is 0 Å². The highest BCUT2D eigenvalue weighted by Crippen LogP contribution is 2.35. The molecule has 0 saturated heterocycles. The van der Waals surface area contributed by atoms with Crippen molar-refractivity contribution in [1.82, 2.24) is 14.6 Å². The zero-order chi connectivity index (χ0) is 15.1. The highest BCUT2D eigenvalue weighted by molar-refractivity contribution is 6.34. The molecule has 0 aliphatic rings. The third kappa shape index (κ3) is 2.34. The molecule has 0 aliphatic carbocycles. The SMILES string of the molecule is COc1ccc(-c2c(C)nn3c(Cl)cc(C)nc23)c(Cl)c1. The van der Waals surface area contributed by atoms with Crippen LogP contribution in [0, 0.1) is 13.8 Å². The summed E-state index contributed by atoms with van der Waals surface area (Å²) < 4.78 is 6.81. The summed E-state index contributed by atoms with van der Waals surface area (Å²) in [6, 6.07) is 7.32. The van der Waals surface area contributed by atoms with E-state index in [9.17, 15) is 0 Å². The van der Waals surface area contributed by atoms with Gasteiger partial charge in [0, 0.05) is 11.3 Å². The highest BCUT2D eigenvalue weighted by atomic mass is 35.5. The number of benzene rings is 1. The molecule has 0 radical (unpaired) electrons. The Bertz CT molecular complexity index is 843. The van der Waals surface area contributed by atoms with Gasteiger partial charge in [-0.2, -0.15) is 5.10 Å². The number of hydrogen-bond donors (Lipinski definition) is 0. The molecule has 0 N–H and O–H groups in total. The molecule has 0 fully saturated rings. The normalized spacial score (nSPS) is 11.1. The lowest BCUT2D eigenvalue weighted by molar-refractivity contribution is 0.415. The molecule has 2 aromatic heterocycles. The minimum Gasteiger partial charge on any atom is -0.497 e. The lowest BCUT2D eigenvalue weighted by Crippen LogP contribution is -1.94. The summed E-state index contributed by atoms with van der Waals surface area (Å²) in [6.07, 6.45) is 0. The first kappa shape index (κ1) is 14.2. The van der Waals surface area contributed by atoms with Crippen LogP contribution in [0.25, 0.3) is 16.8 Å². The monoisotopic (exact) mass is 321 g/mol. The van der Waals surface area contributed by atoms with Crippen LogP contribution in [0.4, 0.5) is 0 Å². The number of nitrogens with zero attached hydrogens (tertiary/aromatic N) is 3. The average Bonchev–Trinajstić information content (AvgIpc) is 2.75. The second-order valence-electron chi connectivity index (χ2n) is 4.76. The van der Waals surface area contributed by atoms with E-state index in [2.05, 4.69) is 10.1 Å². The molecule has 0 atom stereocenters. The summed E-state index contributed by atoms with van der Waals surface area (Å²) in [5.74, 6) is 0.708. The van der Waals surface area contributed by atoms with Gasteiger partial charge < -0.3 is 4.74 Å². The molecule has 21 heavy (non-hydrogen) atoms. The Morgan fingerprint density at radius 1 is 1.14 bits per heavy atom. The van der Waals surface area contributed by atoms with Gasteiger partial charge in [0.05, 0.1) is 23.4 Å². The van der Waals surface area contributed by atoms with E-state index in [0.29, 0.717) is 21.6 Å². The van der Waals surface area contributed by atoms with E-state index in [-0.39, 0.29) is 0 Å². The lowest BCUT2D eigenvalue weighted by Gasteiger charge is -2.07. The Morgan fingerprint density at radius 3 is 2.57 bits per heavy atom. The van der Waals surface area contributed by atoms with Crippen molar-refractivity contribution in [1.29, 1.82) is 0 Å². The zero-order valence-corrected chi connectivity index (χ0v) is 13.3. The van der Waals surface area contributed by atoms with Gasteiger partial charge in [-0.1, -0.05) is 23.2 Å². The predicted molar refractivity (Wildman–Crippen MR) is 84.5 cm³/mol. The third-order valence-electron chi connectivity index (χ3n) is 3.29. The number of aryl methyl sites for hydroxylation is 2. The average molecular weight is 322 g/mol. The molecular formula is C15H13Cl2N3O. The van der Waals surface area contributed by atoms with Crippen molar-refractivity contribution in [2.24, 2.45) is 0 Å². The minimum atomic E-state index is 0.525. The molecule has 6 heteroatoms. The van der Waals surface area contributed by atoms with Crippen LogP contribution in [-0.2, 0) is 0 Å². The van der Waals surface area contributed by atoms with Gasteiger partial charge in [0.15, 0.2) is 5.65 Å². The third-order valence-corrected chi connectivity index (χ3v) is 3.88. The molecule has 0 aliphatic heterocycles. The molecule has 0 spiro atoms. The van der Waals surface area contributed by atoms with Gasteiger partial charge in [-0.15, -0.1) is 0 Å². The number of ether oxygens (including phenoxy) is 1. The molecule has 0 unspecified atom stereocenters. The van der Waals surface area contributed by atoms with Crippen LogP contribution in [0.1, 0.15) is 11.4 Å². The fourth-order valence-electron chi connectivity index (χ4n) is 2.34. The Labute approximate surface area is 132 Å². The van der Waals surface area contributed by atoms with E-state index in [1.807, 2.05) is 26.0 Å². The number of fused-ring (bicyclic) bond motifs is 1. The Kier molecular flexibility index (Phi) is 3.51. The number of rotatable bonds is 2. The van der Waals surface area contributed by atoms with E-state index in [0.717, 1.165) is 22.5 Å². The van der Waals surface area contributed by atoms with Crippen molar-refractivity contribution in [3.63, 3.8) is 0 Å². The molecule has 4 nitrogen and oxygen atoms in total. The summed E-state index contributed by atoms with van der Waals surface area (Å²) in [5, 5.41) is 5.56. The number of methoxy groups -OCH3 is 1. The van der Waals surface area contributed by atoms with Crippen LogP contribution in [0.2, 0.25) is 10.2 Å². The van der Waals surface area contributed by atoms with E-state index in [4.69, 9.17) is 27.9 Å². The molecule has 0 amide bonds. The van der Waals surface area contributed by atoms with Crippen LogP contribution in [0.15, 0.2) is 24.3 Å². The van der Waals surface area contributed by atoms with Gasteiger partial charge in [0.1, 0.15) is 10.9 Å². The molecule has 1 aromatic carbocycles. The largest absolute Gasteiger partial charge is 0.497 e. The first-order valence-electron chi connectivity index (χ1n) is 6.37. The lowest BCUT2D eigenvalue weighted by atomic mass is 10.1. The first-order valence-corrected chi connectivity index (χ1v) is 7.13. The molecule has 0 saturated carbocycles. The Hall–Kier alpha value is -1.78. The fraction of sp³-hybridized carbons (Fsp3) is 0.200. The van der Waals surface area contributed by atoms with Crippen molar-refractivity contribution in [2.75, 3.05) is 7.11 Å². The number of aromatic nitrogens is 3. The summed E-state index contributed by atoms with van der Waals surface area (Å²) in [4.78, 5) is 4.54. The van der Waals surface area contributed by atoms with Gasteiger partial charge in [-0.3, -0.25) is 0 Å². The van der Waals surface area contributed by atoms with Crippen molar-refractivity contribution in [3.05, 3.63) is 45.8 Å². The molecule has 2 heterocycles. The second-order valence-corrected chi connectivity index (χ2v) is 5.56. The minimum absolute atomic E-state index is 0.525. The van der Waals surface area contributed by atoms with E-state index in [1.54, 1.807) is 23.8 Å². The summed E-state index contributed by atoms with van der Waals surface area (Å²) >= 11 is 12.6. The first-order chi connectivity index (χ1) is 10.0. The van der Waals surface area contributed by atoms with Crippen LogP contribution in [0.5, 0.6) is 5.75 Å². The molecular weight excluding hydrogens is 309 g/mol. The summed E-state index contributed by atoms with van der Waals surface area (Å²) in [6.45, 7) is 3.81. The standard InChI is InChI=1S/C15H13Cl2N3O/c1-8-6-13(17)20-15(18-8)14(9(2)19-20)11-5-4-10(21-3)7-12(11)16/h4-7H,1-3H3. The molecule has 3 aromatic rings. The predicted octanol–water partition coefficient (Wildman–Crippen LogP) is 4.33. The van der Waals surface area contributed by atoms with Crippen LogP contribution < -0.4 is 4.74 Å². The van der Waals surface area contributed by atoms with Gasteiger partial charge in [0.2, 0.25) is 0 Å². The van der Waals surface area contributed by atoms with Crippen molar-refractivity contribution in [2.45, 2.75) is 13.8 Å². The zero-order valence-electron chi connectivity index (χ0n) is 11.8. The van der Waals surface area contributed by atoms with Gasteiger partial charge in [0.25, 0.3) is 0 Å². The van der Waals surface area contributed by atoms with E-state index < -0.39 is 0 Å². The topological polar surface area (TPSA) is 39.4 Å². The smallest absolute Gasteiger partial charge is 0.165 e. The molecule has 0 bridgehead atoms. The van der Waals surface area contributed by atoms with Crippen molar-refractivity contribution in [3.8, 4) is 16.9 Å². The molecule has 108 valence electrons. The van der Waals surface area contributed by atoms with Gasteiger partial charge >= 0.3 is 0 Å². The highest BCUT2D eigenvalue weighted by Gasteiger charge is 2.17. The summed E-state index contributed by atoms with van der Waals surface area (Å²) in [7, 11) is 1.61. The van der Waals surface area contributed by atoms with Crippen LogP contribution >= 0.6 is 23.2 Å². The van der Waals surface area contributed by atoms with Gasteiger partial charge in [-0.05, 0) is 38.1 Å². The molecule has 3 rings (SSSR count). The fourth-order valence-corrected chi connectivity index (χ4v) is 2.88. The Morgan fingerprint density at radius 2 is 1.90 bits per heavy atom. The quantitative estimate of drug-likeness (QED) is 0.659. The Balaban J connectivity index is 2.32. The summed E-state index contributed by atoms with van der Waals surface area (Å²) in [5.41, 5.74) is 4.09. The maximum atomic E-state index is 6.37. The maximum Gasteiger partial charge on any atom is 0.165 e. The second kappa shape index (κ2) is 5.20. The van der Waals surface area contributed by atoms with Gasteiger partial charge in [-0.25, -0.2) is 9.50 Å². The van der Waals surface area contributed by atoms with Crippen molar-refractivity contribution >= 4 is 28.8 Å². The number of halogens is 2. The van der Waals surface area contributed by atoms with Crippen LogP contribution in [-0.4, -0.2) is 21.7 Å². The van der Waals surface area contributed by atoms with E-state index in [1.165, 1.54) is 0 Å². The number of hydrogen-bond acceptors (Lipinski definition) is 3.